The van der Waals surface area contributed by atoms with Crippen LogP contribution in [0.4, 0.5) is 5.13 Å². The summed E-state index contributed by atoms with van der Waals surface area (Å²) < 4.78 is 6.30. The van der Waals surface area contributed by atoms with Gasteiger partial charge in [-0.25, -0.2) is 9.97 Å². The number of amides is 1. The predicted octanol–water partition coefficient (Wildman–Crippen LogP) is 4.61. The van der Waals surface area contributed by atoms with Crippen LogP contribution in [0.25, 0.3) is 20.8 Å². The summed E-state index contributed by atoms with van der Waals surface area (Å²) in [5.41, 5.74) is 2.61. The van der Waals surface area contributed by atoms with Gasteiger partial charge in [0.1, 0.15) is 10.8 Å². The quantitative estimate of drug-likeness (QED) is 0.548. The molecule has 0 bridgehead atoms. The van der Waals surface area contributed by atoms with E-state index in [9.17, 15) is 4.79 Å². The third-order valence-corrected chi connectivity index (χ3v) is 5.64. The van der Waals surface area contributed by atoms with Gasteiger partial charge >= 0.3 is 0 Å². The van der Waals surface area contributed by atoms with Crippen molar-refractivity contribution in [1.29, 1.82) is 0 Å². The number of hydrogen-bond donors (Lipinski definition) is 1. The van der Waals surface area contributed by atoms with Crippen LogP contribution in [-0.4, -0.2) is 23.0 Å². The van der Waals surface area contributed by atoms with Crippen molar-refractivity contribution in [2.45, 2.75) is 6.42 Å². The lowest BCUT2D eigenvalue weighted by atomic mass is 10.2. The van der Waals surface area contributed by atoms with E-state index in [1.165, 1.54) is 22.7 Å². The van der Waals surface area contributed by atoms with Gasteiger partial charge in [-0.2, -0.15) is 0 Å². The number of rotatable bonds is 5. The van der Waals surface area contributed by atoms with Gasteiger partial charge in [-0.15, -0.1) is 11.3 Å². The molecule has 0 saturated carbocycles. The normalized spacial score (nSPS) is 10.8. The monoisotopic (exact) mass is 381 g/mol. The summed E-state index contributed by atoms with van der Waals surface area (Å²) in [6, 6.07) is 15.5. The largest absolute Gasteiger partial charge is 0.497 e. The summed E-state index contributed by atoms with van der Waals surface area (Å²) in [6.45, 7) is 0. The molecule has 4 aromatic rings. The Labute approximate surface area is 158 Å². The van der Waals surface area contributed by atoms with Crippen LogP contribution >= 0.6 is 22.7 Å². The average molecular weight is 381 g/mol. The molecular weight excluding hydrogens is 366 g/mol. The molecule has 1 amide bonds. The van der Waals surface area contributed by atoms with Gasteiger partial charge in [0, 0.05) is 10.9 Å². The van der Waals surface area contributed by atoms with Crippen molar-refractivity contribution in [2.24, 2.45) is 0 Å². The third-order valence-electron chi connectivity index (χ3n) is 3.75. The molecule has 1 N–H and O–H groups in total. The zero-order valence-electron chi connectivity index (χ0n) is 13.9. The molecule has 2 aromatic heterocycles. The van der Waals surface area contributed by atoms with E-state index < -0.39 is 0 Å². The Balaban J connectivity index is 1.45. The number of aromatic nitrogens is 2. The van der Waals surface area contributed by atoms with Gasteiger partial charge in [-0.05, 0) is 24.3 Å². The molecule has 0 atom stereocenters. The molecule has 130 valence electrons. The van der Waals surface area contributed by atoms with E-state index in [2.05, 4.69) is 15.3 Å². The van der Waals surface area contributed by atoms with Crippen LogP contribution in [0.5, 0.6) is 5.75 Å². The lowest BCUT2D eigenvalue weighted by Gasteiger charge is -2.01. The van der Waals surface area contributed by atoms with Gasteiger partial charge in [-0.3, -0.25) is 4.79 Å². The minimum absolute atomic E-state index is 0.119. The topological polar surface area (TPSA) is 64.1 Å². The van der Waals surface area contributed by atoms with Crippen molar-refractivity contribution in [3.05, 3.63) is 59.6 Å². The fourth-order valence-corrected chi connectivity index (χ4v) is 4.23. The van der Waals surface area contributed by atoms with Crippen molar-refractivity contribution in [3.8, 4) is 16.3 Å². The van der Waals surface area contributed by atoms with E-state index in [0.29, 0.717) is 5.13 Å². The van der Waals surface area contributed by atoms with Crippen LogP contribution in [0.15, 0.2) is 53.9 Å². The Morgan fingerprint density at radius 2 is 2.04 bits per heavy atom. The minimum Gasteiger partial charge on any atom is -0.497 e. The van der Waals surface area contributed by atoms with E-state index in [-0.39, 0.29) is 12.3 Å². The minimum atomic E-state index is -0.119. The molecule has 0 fully saturated rings. The zero-order chi connectivity index (χ0) is 17.9. The Bertz CT molecular complexity index is 1040. The van der Waals surface area contributed by atoms with Crippen LogP contribution < -0.4 is 10.1 Å². The predicted molar refractivity (Wildman–Crippen MR) is 106 cm³/mol. The Hall–Kier alpha value is -2.77. The number of thiazole rings is 2. The highest BCUT2D eigenvalue weighted by atomic mass is 32.1. The summed E-state index contributed by atoms with van der Waals surface area (Å²) in [5, 5.41) is 6.25. The van der Waals surface area contributed by atoms with Gasteiger partial charge in [0.05, 0.1) is 29.4 Å². The third kappa shape index (κ3) is 3.58. The van der Waals surface area contributed by atoms with Crippen LogP contribution in [0, 0.1) is 0 Å². The van der Waals surface area contributed by atoms with Crippen LogP contribution in [0.3, 0.4) is 0 Å². The van der Waals surface area contributed by atoms with E-state index in [1.807, 2.05) is 53.9 Å². The first-order valence-electron chi connectivity index (χ1n) is 7.95. The van der Waals surface area contributed by atoms with Gasteiger partial charge in [0.15, 0.2) is 5.13 Å². The summed E-state index contributed by atoms with van der Waals surface area (Å²) in [7, 11) is 1.64. The number of para-hydroxylation sites is 1. The van der Waals surface area contributed by atoms with Gasteiger partial charge in [0.2, 0.25) is 5.91 Å². The lowest BCUT2D eigenvalue weighted by molar-refractivity contribution is -0.115. The molecule has 4 rings (SSSR count). The number of methoxy groups -OCH3 is 1. The van der Waals surface area contributed by atoms with E-state index in [0.717, 1.165) is 32.2 Å². The molecule has 7 heteroatoms. The zero-order valence-corrected chi connectivity index (χ0v) is 15.6. The van der Waals surface area contributed by atoms with Crippen molar-refractivity contribution in [3.63, 3.8) is 0 Å². The maximum Gasteiger partial charge on any atom is 0.232 e. The smallest absolute Gasteiger partial charge is 0.232 e. The second-order valence-electron chi connectivity index (χ2n) is 5.59. The molecule has 0 spiro atoms. The molecular formula is C19H15N3O2S2. The molecule has 0 saturated heterocycles. The number of benzene rings is 2. The molecule has 0 aliphatic rings. The van der Waals surface area contributed by atoms with Crippen molar-refractivity contribution in [2.75, 3.05) is 12.4 Å². The first-order chi connectivity index (χ1) is 12.7. The van der Waals surface area contributed by atoms with Gasteiger partial charge in [-0.1, -0.05) is 35.6 Å². The van der Waals surface area contributed by atoms with Gasteiger partial charge < -0.3 is 10.1 Å². The standard InChI is InChI=1S/C19H15N3O2S2/c1-24-14-6-4-5-12(9-14)18-20-13(11-25-18)10-17(23)22-19-21-15-7-2-3-8-16(15)26-19/h2-9,11H,10H2,1H3,(H,21,22,23). The molecule has 2 heterocycles. The fourth-order valence-electron chi connectivity index (χ4n) is 2.53. The summed E-state index contributed by atoms with van der Waals surface area (Å²) >= 11 is 2.98. The average Bonchev–Trinajstić information content (AvgIpc) is 3.28. The van der Waals surface area contributed by atoms with Crippen LogP contribution in [-0.2, 0) is 11.2 Å². The molecule has 0 aliphatic carbocycles. The maximum atomic E-state index is 12.3. The number of nitrogens with zero attached hydrogens (tertiary/aromatic N) is 2. The summed E-state index contributed by atoms with van der Waals surface area (Å²) in [4.78, 5) is 21.3. The molecule has 0 aliphatic heterocycles. The van der Waals surface area contributed by atoms with Crippen molar-refractivity contribution < 1.29 is 9.53 Å². The second kappa shape index (κ2) is 7.23. The highest BCUT2D eigenvalue weighted by Crippen LogP contribution is 2.28. The number of anilines is 1. The molecule has 26 heavy (non-hydrogen) atoms. The highest BCUT2D eigenvalue weighted by Gasteiger charge is 2.12. The maximum absolute atomic E-state index is 12.3. The van der Waals surface area contributed by atoms with Crippen LogP contribution in [0.1, 0.15) is 5.69 Å². The van der Waals surface area contributed by atoms with Gasteiger partial charge in [0.25, 0.3) is 0 Å². The fraction of sp³-hybridized carbons (Fsp3) is 0.105. The number of nitrogens with one attached hydrogen (secondary N) is 1. The molecule has 0 unspecified atom stereocenters. The molecule has 0 radical (unpaired) electrons. The number of carbonyl (C=O) groups is 1. The van der Waals surface area contributed by atoms with E-state index in [1.54, 1.807) is 7.11 Å². The number of ether oxygens (including phenoxy) is 1. The first-order valence-corrected chi connectivity index (χ1v) is 9.65. The molecule has 2 aromatic carbocycles. The van der Waals surface area contributed by atoms with E-state index >= 15 is 0 Å². The second-order valence-corrected chi connectivity index (χ2v) is 7.48. The Morgan fingerprint density at radius 3 is 2.88 bits per heavy atom. The summed E-state index contributed by atoms with van der Waals surface area (Å²) in [5.74, 6) is 0.666. The Kier molecular flexibility index (Phi) is 4.64. The van der Waals surface area contributed by atoms with Crippen LogP contribution in [0.2, 0.25) is 0 Å². The Morgan fingerprint density at radius 1 is 1.15 bits per heavy atom. The number of hydrogen-bond acceptors (Lipinski definition) is 6. The van der Waals surface area contributed by atoms with E-state index in [4.69, 9.17) is 4.74 Å². The number of carbonyl (C=O) groups excluding carboxylic acids is 1. The lowest BCUT2D eigenvalue weighted by Crippen LogP contribution is -2.14. The highest BCUT2D eigenvalue weighted by molar-refractivity contribution is 7.22. The molecule has 5 nitrogen and oxygen atoms in total. The SMILES string of the molecule is COc1cccc(-c2nc(CC(=O)Nc3nc4ccccc4s3)cs2)c1. The summed E-state index contributed by atoms with van der Waals surface area (Å²) in [6.07, 6.45) is 0.219. The number of fused-ring (bicyclic) bond motifs is 1. The van der Waals surface area contributed by atoms with Crippen molar-refractivity contribution >= 4 is 43.9 Å². The first kappa shape index (κ1) is 16.7. The van der Waals surface area contributed by atoms with Crippen molar-refractivity contribution in [1.82, 2.24) is 9.97 Å².